The molecular weight excluding hydrogens is 356 g/mol. The van der Waals surface area contributed by atoms with E-state index in [0.29, 0.717) is 22.7 Å². The Bertz CT molecular complexity index is 1050. The van der Waals surface area contributed by atoms with Crippen LogP contribution in [0.25, 0.3) is 10.9 Å². The number of aromatic nitrogens is 1. The largest absolute Gasteiger partial charge is 0.497 e. The highest BCUT2D eigenvalue weighted by Gasteiger charge is 2.23. The molecule has 1 amide bonds. The van der Waals surface area contributed by atoms with Crippen molar-refractivity contribution in [2.75, 3.05) is 12.4 Å². The van der Waals surface area contributed by atoms with Crippen molar-refractivity contribution in [1.29, 1.82) is 0 Å². The summed E-state index contributed by atoms with van der Waals surface area (Å²) in [5.74, 6) is -0.372. The van der Waals surface area contributed by atoms with E-state index in [0.717, 1.165) is 16.5 Å². The zero-order valence-electron chi connectivity index (χ0n) is 16.3. The van der Waals surface area contributed by atoms with Crippen molar-refractivity contribution >= 4 is 28.5 Å². The average molecular weight is 378 g/mol. The SMILES string of the molecule is COc1cccc(NC(=O)[C@@H](C)OC(=O)c2c(C)nc3ccccc3c2C)c1. The summed E-state index contributed by atoms with van der Waals surface area (Å²) >= 11 is 0. The molecule has 0 spiro atoms. The van der Waals surface area contributed by atoms with E-state index in [2.05, 4.69) is 10.3 Å². The first-order chi connectivity index (χ1) is 13.4. The minimum absolute atomic E-state index is 0.389. The Morgan fingerprint density at radius 2 is 1.82 bits per heavy atom. The van der Waals surface area contributed by atoms with Crippen LogP contribution in [-0.2, 0) is 9.53 Å². The summed E-state index contributed by atoms with van der Waals surface area (Å²) in [6.45, 7) is 5.15. The van der Waals surface area contributed by atoms with Crippen LogP contribution < -0.4 is 10.1 Å². The van der Waals surface area contributed by atoms with Gasteiger partial charge < -0.3 is 14.8 Å². The van der Waals surface area contributed by atoms with Gasteiger partial charge in [-0.15, -0.1) is 0 Å². The molecule has 2 aromatic carbocycles. The Morgan fingerprint density at radius 1 is 1.07 bits per heavy atom. The van der Waals surface area contributed by atoms with E-state index in [4.69, 9.17) is 9.47 Å². The van der Waals surface area contributed by atoms with E-state index < -0.39 is 18.0 Å². The molecule has 0 unspecified atom stereocenters. The Morgan fingerprint density at radius 3 is 2.57 bits per heavy atom. The van der Waals surface area contributed by atoms with E-state index in [9.17, 15) is 9.59 Å². The van der Waals surface area contributed by atoms with Crippen LogP contribution in [0.3, 0.4) is 0 Å². The Hall–Kier alpha value is -3.41. The van der Waals surface area contributed by atoms with Crippen molar-refractivity contribution in [3.63, 3.8) is 0 Å². The number of hydrogen-bond acceptors (Lipinski definition) is 5. The van der Waals surface area contributed by atoms with Gasteiger partial charge in [-0.2, -0.15) is 0 Å². The van der Waals surface area contributed by atoms with E-state index >= 15 is 0 Å². The number of amides is 1. The second-order valence-electron chi connectivity index (χ2n) is 6.48. The molecule has 3 aromatic rings. The summed E-state index contributed by atoms with van der Waals surface area (Å²) in [6.07, 6.45) is -0.969. The molecule has 0 aliphatic carbocycles. The van der Waals surface area contributed by atoms with Crippen molar-refractivity contribution in [3.05, 3.63) is 65.4 Å². The summed E-state index contributed by atoms with van der Waals surface area (Å²) < 4.78 is 10.6. The first kappa shape index (κ1) is 19.4. The maximum atomic E-state index is 12.7. The highest BCUT2D eigenvalue weighted by Crippen LogP contribution is 2.24. The first-order valence-electron chi connectivity index (χ1n) is 8.92. The van der Waals surface area contributed by atoms with Crippen molar-refractivity contribution < 1.29 is 19.1 Å². The van der Waals surface area contributed by atoms with Gasteiger partial charge in [0.25, 0.3) is 5.91 Å². The second kappa shape index (κ2) is 8.08. The maximum Gasteiger partial charge on any atom is 0.341 e. The maximum absolute atomic E-state index is 12.7. The molecule has 6 nitrogen and oxygen atoms in total. The van der Waals surface area contributed by atoms with Gasteiger partial charge in [0, 0.05) is 17.1 Å². The van der Waals surface area contributed by atoms with Gasteiger partial charge in [0.15, 0.2) is 6.10 Å². The lowest BCUT2D eigenvalue weighted by Gasteiger charge is -2.16. The molecule has 3 rings (SSSR count). The lowest BCUT2D eigenvalue weighted by atomic mass is 10.0. The fraction of sp³-hybridized carbons (Fsp3) is 0.227. The lowest BCUT2D eigenvalue weighted by molar-refractivity contribution is -0.123. The molecule has 1 aromatic heterocycles. The summed E-state index contributed by atoms with van der Waals surface area (Å²) in [7, 11) is 1.55. The molecule has 1 heterocycles. The zero-order valence-corrected chi connectivity index (χ0v) is 16.3. The van der Waals surface area contributed by atoms with Crippen LogP contribution in [0.5, 0.6) is 5.75 Å². The number of carbonyl (C=O) groups excluding carboxylic acids is 2. The van der Waals surface area contributed by atoms with Crippen LogP contribution in [0.15, 0.2) is 48.5 Å². The number of fused-ring (bicyclic) bond motifs is 1. The summed E-state index contributed by atoms with van der Waals surface area (Å²) in [5.41, 5.74) is 3.12. The number of esters is 1. The van der Waals surface area contributed by atoms with Crippen LogP contribution >= 0.6 is 0 Å². The minimum atomic E-state index is -0.969. The van der Waals surface area contributed by atoms with Gasteiger partial charge in [0.1, 0.15) is 5.75 Å². The third kappa shape index (κ3) is 3.96. The predicted molar refractivity (Wildman–Crippen MR) is 108 cm³/mol. The van der Waals surface area contributed by atoms with E-state index in [1.807, 2.05) is 31.2 Å². The Labute approximate surface area is 163 Å². The third-order valence-corrected chi connectivity index (χ3v) is 4.53. The molecule has 0 radical (unpaired) electrons. The van der Waals surface area contributed by atoms with Gasteiger partial charge in [-0.25, -0.2) is 4.79 Å². The molecule has 0 aliphatic heterocycles. The van der Waals surface area contributed by atoms with Crippen LogP contribution in [0.2, 0.25) is 0 Å². The Balaban J connectivity index is 1.77. The topological polar surface area (TPSA) is 77.5 Å². The van der Waals surface area contributed by atoms with Gasteiger partial charge in [-0.3, -0.25) is 9.78 Å². The molecule has 6 heteroatoms. The molecule has 0 bridgehead atoms. The third-order valence-electron chi connectivity index (χ3n) is 4.53. The number of benzene rings is 2. The number of hydrogen-bond donors (Lipinski definition) is 1. The van der Waals surface area contributed by atoms with Gasteiger partial charge in [-0.1, -0.05) is 24.3 Å². The number of nitrogens with zero attached hydrogens (tertiary/aromatic N) is 1. The molecule has 1 atom stereocenters. The summed E-state index contributed by atoms with van der Waals surface area (Å²) in [4.78, 5) is 29.6. The molecule has 0 aliphatic rings. The van der Waals surface area contributed by atoms with Crippen molar-refractivity contribution in [2.24, 2.45) is 0 Å². The first-order valence-corrected chi connectivity index (χ1v) is 8.92. The average Bonchev–Trinajstić information content (AvgIpc) is 2.68. The highest BCUT2D eigenvalue weighted by molar-refractivity contribution is 6.01. The standard InChI is InChI=1S/C22H22N2O4/c1-13-18-10-5-6-11-19(18)23-14(2)20(13)22(26)28-15(3)21(25)24-16-8-7-9-17(12-16)27-4/h5-12,15H,1-4H3,(H,24,25)/t15-/m1/s1. The predicted octanol–water partition coefficient (Wildman–Crippen LogP) is 4.04. The van der Waals surface area contributed by atoms with Crippen LogP contribution in [0.1, 0.15) is 28.5 Å². The number of pyridine rings is 1. The Kier molecular flexibility index (Phi) is 5.59. The number of nitrogens with one attached hydrogen (secondary N) is 1. The lowest BCUT2D eigenvalue weighted by Crippen LogP contribution is -2.30. The normalized spacial score (nSPS) is 11.7. The van der Waals surface area contributed by atoms with E-state index in [1.54, 1.807) is 38.3 Å². The number of carbonyl (C=O) groups is 2. The van der Waals surface area contributed by atoms with E-state index in [-0.39, 0.29) is 0 Å². The summed E-state index contributed by atoms with van der Waals surface area (Å²) in [6, 6.07) is 14.6. The highest BCUT2D eigenvalue weighted by atomic mass is 16.5. The molecule has 0 fully saturated rings. The van der Waals surface area contributed by atoms with Crippen molar-refractivity contribution in [2.45, 2.75) is 26.9 Å². The van der Waals surface area contributed by atoms with E-state index in [1.165, 1.54) is 6.92 Å². The monoisotopic (exact) mass is 378 g/mol. The molecule has 144 valence electrons. The van der Waals surface area contributed by atoms with Crippen LogP contribution in [-0.4, -0.2) is 30.1 Å². The number of anilines is 1. The molecule has 28 heavy (non-hydrogen) atoms. The quantitative estimate of drug-likeness (QED) is 0.678. The molecular formula is C22H22N2O4. The van der Waals surface area contributed by atoms with Gasteiger partial charge in [-0.05, 0) is 44.5 Å². The minimum Gasteiger partial charge on any atom is -0.497 e. The number of ether oxygens (including phenoxy) is 2. The molecule has 0 saturated carbocycles. The van der Waals surface area contributed by atoms with Crippen molar-refractivity contribution in [3.8, 4) is 5.75 Å². The smallest absolute Gasteiger partial charge is 0.341 e. The van der Waals surface area contributed by atoms with Crippen LogP contribution in [0.4, 0.5) is 5.69 Å². The van der Waals surface area contributed by atoms with Crippen molar-refractivity contribution in [1.82, 2.24) is 4.98 Å². The zero-order chi connectivity index (χ0) is 20.3. The van der Waals surface area contributed by atoms with Gasteiger partial charge in [0.2, 0.25) is 0 Å². The van der Waals surface area contributed by atoms with Gasteiger partial charge in [0.05, 0.1) is 23.9 Å². The fourth-order valence-corrected chi connectivity index (χ4v) is 3.05. The number of para-hydroxylation sites is 1. The number of aryl methyl sites for hydroxylation is 2. The fourth-order valence-electron chi connectivity index (χ4n) is 3.05. The van der Waals surface area contributed by atoms with Gasteiger partial charge >= 0.3 is 5.97 Å². The van der Waals surface area contributed by atoms with Crippen LogP contribution in [0, 0.1) is 13.8 Å². The number of rotatable bonds is 5. The second-order valence-corrected chi connectivity index (χ2v) is 6.48. The number of methoxy groups -OCH3 is 1. The molecule has 0 saturated heterocycles. The molecule has 1 N–H and O–H groups in total. The summed E-state index contributed by atoms with van der Waals surface area (Å²) in [5, 5.41) is 3.60.